The third kappa shape index (κ3) is 4.58. The van der Waals surface area contributed by atoms with Gasteiger partial charge in [-0.2, -0.15) is 11.8 Å². The number of nitrogens with one attached hydrogen (secondary N) is 1. The van der Waals surface area contributed by atoms with Crippen molar-refractivity contribution < 1.29 is 13.9 Å². The molecule has 0 unspecified atom stereocenters. The molecule has 1 N–H and O–H groups in total. The van der Waals surface area contributed by atoms with Crippen LogP contribution in [0.25, 0.3) is 0 Å². The molecule has 0 bridgehead atoms. The van der Waals surface area contributed by atoms with E-state index >= 15 is 0 Å². The van der Waals surface area contributed by atoms with Gasteiger partial charge in [-0.3, -0.25) is 0 Å². The van der Waals surface area contributed by atoms with Gasteiger partial charge in [-0.1, -0.05) is 6.08 Å². The van der Waals surface area contributed by atoms with E-state index in [0.717, 1.165) is 23.8 Å². The molecule has 0 fully saturated rings. The molecule has 0 atom stereocenters. The van der Waals surface area contributed by atoms with Gasteiger partial charge in [-0.15, -0.1) is 6.58 Å². The Morgan fingerprint density at radius 2 is 2.44 bits per heavy atom. The van der Waals surface area contributed by atoms with Gasteiger partial charge in [0.2, 0.25) is 0 Å². The second-order valence-electron chi connectivity index (χ2n) is 3.71. The molecule has 0 radical (unpaired) electrons. The van der Waals surface area contributed by atoms with E-state index in [9.17, 15) is 4.79 Å². The smallest absolute Gasteiger partial charge is 0.341 e. The van der Waals surface area contributed by atoms with E-state index < -0.39 is 0 Å². The van der Waals surface area contributed by atoms with Crippen molar-refractivity contribution in [3.05, 3.63) is 35.8 Å². The van der Waals surface area contributed by atoms with Crippen LogP contribution in [0.4, 0.5) is 0 Å². The van der Waals surface area contributed by atoms with Gasteiger partial charge in [-0.05, 0) is 13.0 Å². The Kier molecular flexibility index (Phi) is 6.60. The van der Waals surface area contributed by atoms with E-state index in [1.54, 1.807) is 13.0 Å². The van der Waals surface area contributed by atoms with E-state index in [0.29, 0.717) is 17.9 Å². The lowest BCUT2D eigenvalue weighted by molar-refractivity contribution is 0.0599. The van der Waals surface area contributed by atoms with Crippen LogP contribution in [0.2, 0.25) is 0 Å². The normalized spacial score (nSPS) is 10.3. The van der Waals surface area contributed by atoms with E-state index in [1.165, 1.54) is 7.11 Å². The lowest BCUT2D eigenvalue weighted by Crippen LogP contribution is -2.16. The average molecular weight is 269 g/mol. The van der Waals surface area contributed by atoms with Gasteiger partial charge in [0, 0.05) is 18.1 Å². The van der Waals surface area contributed by atoms with Gasteiger partial charge in [0.1, 0.15) is 17.1 Å². The fraction of sp³-hybridized carbons (Fsp3) is 0.462. The monoisotopic (exact) mass is 269 g/mol. The summed E-state index contributed by atoms with van der Waals surface area (Å²) in [6.07, 6.45) is 1.89. The van der Waals surface area contributed by atoms with Gasteiger partial charge in [0.25, 0.3) is 0 Å². The Balaban J connectivity index is 2.35. The molecule has 0 aromatic carbocycles. The topological polar surface area (TPSA) is 51.5 Å². The maximum atomic E-state index is 11.4. The second-order valence-corrected chi connectivity index (χ2v) is 4.86. The van der Waals surface area contributed by atoms with E-state index in [4.69, 9.17) is 4.42 Å². The van der Waals surface area contributed by atoms with Crippen LogP contribution >= 0.6 is 11.8 Å². The third-order valence-electron chi connectivity index (χ3n) is 2.33. The maximum absolute atomic E-state index is 11.4. The molecule has 4 nitrogen and oxygen atoms in total. The van der Waals surface area contributed by atoms with Gasteiger partial charge in [-0.25, -0.2) is 4.79 Å². The first kappa shape index (κ1) is 14.9. The summed E-state index contributed by atoms with van der Waals surface area (Å²) in [4.78, 5) is 11.4. The van der Waals surface area contributed by atoms with Crippen LogP contribution in [0.1, 0.15) is 21.9 Å². The van der Waals surface area contributed by atoms with E-state index in [1.807, 2.05) is 17.8 Å². The number of methoxy groups -OCH3 is 1. The predicted molar refractivity (Wildman–Crippen MR) is 74.0 cm³/mol. The maximum Gasteiger partial charge on any atom is 0.341 e. The van der Waals surface area contributed by atoms with Gasteiger partial charge in [0.15, 0.2) is 0 Å². The minimum atomic E-state index is -0.357. The number of furan rings is 1. The fourth-order valence-corrected chi connectivity index (χ4v) is 2.09. The summed E-state index contributed by atoms with van der Waals surface area (Å²) < 4.78 is 10.1. The molecule has 1 aromatic heterocycles. The molecule has 1 aromatic rings. The summed E-state index contributed by atoms with van der Waals surface area (Å²) in [5.74, 6) is 2.98. The SMILES string of the molecule is C=CCSCCNCc1cc(C(=O)OC)c(C)o1. The molecule has 0 amide bonds. The molecule has 100 valence electrons. The average Bonchev–Trinajstić information content (AvgIpc) is 2.74. The zero-order valence-corrected chi connectivity index (χ0v) is 11.6. The van der Waals surface area contributed by atoms with E-state index in [-0.39, 0.29) is 5.97 Å². The van der Waals surface area contributed by atoms with Crippen LogP contribution in [0.15, 0.2) is 23.1 Å². The summed E-state index contributed by atoms with van der Waals surface area (Å²) in [6.45, 7) is 6.93. The largest absolute Gasteiger partial charge is 0.465 e. The Morgan fingerprint density at radius 1 is 1.67 bits per heavy atom. The van der Waals surface area contributed by atoms with Crippen molar-refractivity contribution in [3.8, 4) is 0 Å². The number of carbonyl (C=O) groups is 1. The summed E-state index contributed by atoms with van der Waals surface area (Å²) in [7, 11) is 1.36. The number of ether oxygens (including phenoxy) is 1. The highest BCUT2D eigenvalue weighted by Gasteiger charge is 2.14. The highest BCUT2D eigenvalue weighted by atomic mass is 32.2. The van der Waals surface area contributed by atoms with Crippen molar-refractivity contribution >= 4 is 17.7 Å². The lowest BCUT2D eigenvalue weighted by atomic mass is 10.2. The van der Waals surface area contributed by atoms with Gasteiger partial charge >= 0.3 is 5.97 Å². The summed E-state index contributed by atoms with van der Waals surface area (Å²) in [5.41, 5.74) is 0.496. The summed E-state index contributed by atoms with van der Waals surface area (Å²) in [6, 6.07) is 1.73. The van der Waals surface area contributed by atoms with Crippen molar-refractivity contribution in [2.45, 2.75) is 13.5 Å². The second kappa shape index (κ2) is 8.00. The lowest BCUT2D eigenvalue weighted by Gasteiger charge is -2.01. The van der Waals surface area contributed by atoms with Crippen LogP contribution in [0.5, 0.6) is 0 Å². The minimum absolute atomic E-state index is 0.357. The molecule has 0 saturated heterocycles. The molecule has 1 heterocycles. The number of hydrogen-bond donors (Lipinski definition) is 1. The summed E-state index contributed by atoms with van der Waals surface area (Å²) >= 11 is 1.82. The van der Waals surface area contributed by atoms with Crippen molar-refractivity contribution in [1.82, 2.24) is 5.32 Å². The third-order valence-corrected chi connectivity index (χ3v) is 3.30. The van der Waals surface area contributed by atoms with Crippen molar-refractivity contribution in [2.75, 3.05) is 25.2 Å². The molecule has 5 heteroatoms. The first-order valence-corrected chi connectivity index (χ1v) is 6.91. The predicted octanol–water partition coefficient (Wildman–Crippen LogP) is 2.38. The standard InChI is InChI=1S/C13H19NO3S/c1-4-6-18-7-5-14-9-11-8-12(10(2)17-11)13(15)16-3/h4,8,14H,1,5-7,9H2,2-3H3. The van der Waals surface area contributed by atoms with Crippen molar-refractivity contribution in [2.24, 2.45) is 0 Å². The first-order valence-electron chi connectivity index (χ1n) is 5.76. The number of esters is 1. The zero-order valence-electron chi connectivity index (χ0n) is 10.8. The molecular formula is C13H19NO3S. The van der Waals surface area contributed by atoms with Gasteiger partial charge in [0.05, 0.1) is 13.7 Å². The van der Waals surface area contributed by atoms with Crippen LogP contribution in [-0.2, 0) is 11.3 Å². The number of thioether (sulfide) groups is 1. The minimum Gasteiger partial charge on any atom is -0.465 e. The molecule has 1 rings (SSSR count). The zero-order chi connectivity index (χ0) is 13.4. The molecule has 0 aliphatic rings. The Bertz CT molecular complexity index is 401. The molecular weight excluding hydrogens is 250 g/mol. The fourth-order valence-electron chi connectivity index (χ4n) is 1.47. The number of rotatable bonds is 8. The van der Waals surface area contributed by atoms with Crippen LogP contribution in [-0.4, -0.2) is 31.1 Å². The van der Waals surface area contributed by atoms with E-state index in [2.05, 4.69) is 16.6 Å². The number of hydrogen-bond acceptors (Lipinski definition) is 5. The highest BCUT2D eigenvalue weighted by Crippen LogP contribution is 2.15. The number of aryl methyl sites for hydroxylation is 1. The van der Waals surface area contributed by atoms with Crippen LogP contribution in [0, 0.1) is 6.92 Å². The molecule has 0 aliphatic carbocycles. The molecule has 0 saturated carbocycles. The Hall–Kier alpha value is -1.20. The molecule has 0 spiro atoms. The number of carbonyl (C=O) groups excluding carboxylic acids is 1. The quantitative estimate of drug-likeness (QED) is 0.446. The van der Waals surface area contributed by atoms with Gasteiger partial charge < -0.3 is 14.5 Å². The van der Waals surface area contributed by atoms with Crippen molar-refractivity contribution in [1.29, 1.82) is 0 Å². The molecule has 18 heavy (non-hydrogen) atoms. The highest BCUT2D eigenvalue weighted by molar-refractivity contribution is 7.99. The molecule has 0 aliphatic heterocycles. The van der Waals surface area contributed by atoms with Crippen molar-refractivity contribution in [3.63, 3.8) is 0 Å². The van der Waals surface area contributed by atoms with Crippen LogP contribution < -0.4 is 5.32 Å². The van der Waals surface area contributed by atoms with Crippen LogP contribution in [0.3, 0.4) is 0 Å². The first-order chi connectivity index (χ1) is 8.69. The Labute approximate surface area is 112 Å². The summed E-state index contributed by atoms with van der Waals surface area (Å²) in [5, 5.41) is 3.26. The Morgan fingerprint density at radius 3 is 3.11 bits per heavy atom.